The van der Waals surface area contributed by atoms with Crippen LogP contribution in [0.15, 0.2) is 48.5 Å². The van der Waals surface area contributed by atoms with Crippen LogP contribution in [-0.2, 0) is 9.59 Å². The van der Waals surface area contributed by atoms with E-state index in [1.54, 1.807) is 36.3 Å². The summed E-state index contributed by atoms with van der Waals surface area (Å²) >= 11 is 6.01. The smallest absolute Gasteiger partial charge is 0.246 e. The Bertz CT molecular complexity index is 926. The van der Waals surface area contributed by atoms with Crippen LogP contribution in [0.4, 0.5) is 10.1 Å². The van der Waals surface area contributed by atoms with Crippen molar-refractivity contribution < 1.29 is 18.7 Å². The van der Waals surface area contributed by atoms with Crippen molar-refractivity contribution in [1.82, 2.24) is 9.80 Å². The number of halogens is 2. The van der Waals surface area contributed by atoms with E-state index in [-0.39, 0.29) is 24.2 Å². The first-order chi connectivity index (χ1) is 14.4. The molecule has 0 atom stereocenters. The lowest BCUT2D eigenvalue weighted by Gasteiger charge is -2.33. The van der Waals surface area contributed by atoms with Crippen molar-refractivity contribution in [3.8, 4) is 5.75 Å². The van der Waals surface area contributed by atoms with Crippen LogP contribution in [0.25, 0.3) is 6.08 Å². The Hall–Kier alpha value is -2.90. The number of piperazine rings is 1. The number of hydrogen-bond donors (Lipinski definition) is 1. The molecule has 3 rings (SSSR count). The highest BCUT2D eigenvalue weighted by molar-refractivity contribution is 6.30. The van der Waals surface area contributed by atoms with E-state index in [1.807, 2.05) is 4.90 Å². The van der Waals surface area contributed by atoms with Crippen molar-refractivity contribution in [1.29, 1.82) is 0 Å². The second-order valence-electron chi connectivity index (χ2n) is 6.88. The van der Waals surface area contributed by atoms with Crippen LogP contribution in [-0.4, -0.2) is 61.4 Å². The van der Waals surface area contributed by atoms with Gasteiger partial charge in [0.05, 0.1) is 13.7 Å². The number of benzene rings is 2. The van der Waals surface area contributed by atoms with Crippen LogP contribution in [0, 0.1) is 5.82 Å². The summed E-state index contributed by atoms with van der Waals surface area (Å²) in [5.74, 6) is 0.0128. The molecule has 1 N–H and O–H groups in total. The molecule has 0 unspecified atom stereocenters. The maximum Gasteiger partial charge on any atom is 0.246 e. The molecular weight excluding hydrogens is 409 g/mol. The normalized spacial score (nSPS) is 14.7. The number of rotatable bonds is 6. The topological polar surface area (TPSA) is 61.9 Å². The SMILES string of the molecule is COc1ccc(Cl)cc1/C=C/C(=O)N1CCN(CC(=O)Nc2ccc(F)cc2)CC1. The number of carbonyl (C=O) groups excluding carboxylic acids is 2. The maximum atomic E-state index is 12.9. The molecule has 0 aliphatic carbocycles. The summed E-state index contributed by atoms with van der Waals surface area (Å²) in [6, 6.07) is 10.9. The van der Waals surface area contributed by atoms with E-state index in [2.05, 4.69) is 5.32 Å². The Morgan fingerprint density at radius 2 is 1.83 bits per heavy atom. The molecule has 1 fully saturated rings. The second-order valence-corrected chi connectivity index (χ2v) is 7.31. The zero-order valence-corrected chi connectivity index (χ0v) is 17.4. The average molecular weight is 432 g/mol. The van der Waals surface area contributed by atoms with Gasteiger partial charge in [0, 0.05) is 48.5 Å². The monoisotopic (exact) mass is 431 g/mol. The Balaban J connectivity index is 1.48. The molecule has 30 heavy (non-hydrogen) atoms. The number of nitrogens with one attached hydrogen (secondary N) is 1. The van der Waals surface area contributed by atoms with Gasteiger partial charge in [-0.2, -0.15) is 0 Å². The maximum absolute atomic E-state index is 12.9. The summed E-state index contributed by atoms with van der Waals surface area (Å²) in [7, 11) is 1.56. The van der Waals surface area contributed by atoms with Crippen molar-refractivity contribution >= 4 is 35.2 Å². The van der Waals surface area contributed by atoms with Crippen LogP contribution in [0.5, 0.6) is 5.75 Å². The summed E-state index contributed by atoms with van der Waals surface area (Å²) in [5, 5.41) is 3.31. The molecule has 0 bridgehead atoms. The lowest BCUT2D eigenvalue weighted by molar-refractivity contribution is -0.127. The molecule has 2 amide bonds. The molecule has 0 radical (unpaired) electrons. The molecule has 8 heteroatoms. The van der Waals surface area contributed by atoms with Gasteiger partial charge in [0.2, 0.25) is 11.8 Å². The summed E-state index contributed by atoms with van der Waals surface area (Å²) in [5.41, 5.74) is 1.28. The van der Waals surface area contributed by atoms with Gasteiger partial charge in [-0.1, -0.05) is 11.6 Å². The zero-order valence-electron chi connectivity index (χ0n) is 16.6. The number of ether oxygens (including phenoxy) is 1. The lowest BCUT2D eigenvalue weighted by atomic mass is 10.2. The van der Waals surface area contributed by atoms with E-state index in [1.165, 1.54) is 30.3 Å². The molecule has 1 saturated heterocycles. The van der Waals surface area contributed by atoms with Crippen molar-refractivity contribution in [2.75, 3.05) is 45.2 Å². The van der Waals surface area contributed by atoms with E-state index in [9.17, 15) is 14.0 Å². The molecule has 158 valence electrons. The molecule has 0 saturated carbocycles. The molecule has 0 spiro atoms. The molecule has 1 aliphatic heterocycles. The van der Waals surface area contributed by atoms with Crippen molar-refractivity contribution in [3.63, 3.8) is 0 Å². The number of methoxy groups -OCH3 is 1. The van der Waals surface area contributed by atoms with Gasteiger partial charge in [-0.15, -0.1) is 0 Å². The zero-order chi connectivity index (χ0) is 21.5. The Kier molecular flexibility index (Phi) is 7.43. The fraction of sp³-hybridized carbons (Fsp3) is 0.273. The van der Waals surface area contributed by atoms with Crippen LogP contribution in [0.2, 0.25) is 5.02 Å². The first-order valence-electron chi connectivity index (χ1n) is 9.53. The largest absolute Gasteiger partial charge is 0.496 e. The van der Waals surface area contributed by atoms with E-state index in [0.717, 1.165) is 5.56 Å². The molecule has 6 nitrogen and oxygen atoms in total. The van der Waals surface area contributed by atoms with E-state index in [0.29, 0.717) is 42.6 Å². The number of amides is 2. The van der Waals surface area contributed by atoms with Crippen molar-refractivity contribution in [3.05, 3.63) is 64.9 Å². The average Bonchev–Trinajstić information content (AvgIpc) is 2.74. The van der Waals surface area contributed by atoms with Crippen LogP contribution in [0.3, 0.4) is 0 Å². The summed E-state index contributed by atoms with van der Waals surface area (Å²) < 4.78 is 18.2. The Labute approximate surface area is 179 Å². The molecule has 1 aliphatic rings. The third-order valence-corrected chi connectivity index (χ3v) is 5.01. The van der Waals surface area contributed by atoms with E-state index in [4.69, 9.17) is 16.3 Å². The predicted octanol–water partition coefficient (Wildman–Crippen LogP) is 3.28. The minimum Gasteiger partial charge on any atom is -0.496 e. The van der Waals surface area contributed by atoms with Gasteiger partial charge in [-0.25, -0.2) is 4.39 Å². The first kappa shape index (κ1) is 21.8. The van der Waals surface area contributed by atoms with Gasteiger partial charge in [0.15, 0.2) is 0 Å². The highest BCUT2D eigenvalue weighted by atomic mass is 35.5. The van der Waals surface area contributed by atoms with E-state index < -0.39 is 0 Å². The molecule has 2 aromatic rings. The predicted molar refractivity (Wildman–Crippen MR) is 115 cm³/mol. The number of carbonyl (C=O) groups is 2. The molecular formula is C22H23ClFN3O3. The third-order valence-electron chi connectivity index (χ3n) is 4.78. The minimum atomic E-state index is -0.350. The van der Waals surface area contributed by atoms with Crippen LogP contribution >= 0.6 is 11.6 Å². The van der Waals surface area contributed by atoms with Gasteiger partial charge >= 0.3 is 0 Å². The number of hydrogen-bond acceptors (Lipinski definition) is 4. The van der Waals surface area contributed by atoms with E-state index >= 15 is 0 Å². The summed E-state index contributed by atoms with van der Waals surface area (Å²) in [6.07, 6.45) is 3.20. The fourth-order valence-corrected chi connectivity index (χ4v) is 3.35. The van der Waals surface area contributed by atoms with Crippen molar-refractivity contribution in [2.45, 2.75) is 0 Å². The minimum absolute atomic E-state index is 0.104. The number of anilines is 1. The van der Waals surface area contributed by atoms with Gasteiger partial charge in [0.1, 0.15) is 11.6 Å². The summed E-state index contributed by atoms with van der Waals surface area (Å²) in [4.78, 5) is 28.4. The van der Waals surface area contributed by atoms with Gasteiger partial charge in [0.25, 0.3) is 0 Å². The van der Waals surface area contributed by atoms with Crippen LogP contribution in [0.1, 0.15) is 5.56 Å². The third kappa shape index (κ3) is 6.05. The quantitative estimate of drug-likeness (QED) is 0.713. The Morgan fingerprint density at radius 1 is 1.13 bits per heavy atom. The fourth-order valence-electron chi connectivity index (χ4n) is 3.17. The molecule has 0 aromatic heterocycles. The Morgan fingerprint density at radius 3 is 2.50 bits per heavy atom. The highest BCUT2D eigenvalue weighted by Crippen LogP contribution is 2.24. The molecule has 2 aromatic carbocycles. The second kappa shape index (κ2) is 10.2. The lowest BCUT2D eigenvalue weighted by Crippen LogP contribution is -2.50. The first-order valence-corrected chi connectivity index (χ1v) is 9.90. The number of nitrogens with zero attached hydrogens (tertiary/aromatic N) is 2. The van der Waals surface area contributed by atoms with Crippen LogP contribution < -0.4 is 10.1 Å². The standard InChI is InChI=1S/C22H23ClFN3O3/c1-30-20-8-3-17(23)14-16(20)2-9-22(29)27-12-10-26(11-13-27)15-21(28)25-19-6-4-18(24)5-7-19/h2-9,14H,10-13,15H2,1H3,(H,25,28)/b9-2+. The highest BCUT2D eigenvalue weighted by Gasteiger charge is 2.21. The van der Waals surface area contributed by atoms with Gasteiger partial charge in [-0.3, -0.25) is 14.5 Å². The van der Waals surface area contributed by atoms with Gasteiger partial charge < -0.3 is 15.0 Å². The van der Waals surface area contributed by atoms with Gasteiger partial charge in [-0.05, 0) is 48.5 Å². The summed E-state index contributed by atoms with van der Waals surface area (Å²) in [6.45, 7) is 2.46. The molecule has 1 heterocycles. The van der Waals surface area contributed by atoms with Crippen molar-refractivity contribution in [2.24, 2.45) is 0 Å².